The molecule has 0 spiro atoms. The molecule has 22 rings (SSSR count). The molecule has 0 saturated heterocycles. The zero-order chi connectivity index (χ0) is 72.3. The Balaban J connectivity index is 0.626. The maximum Gasteiger partial charge on any atom is 0.136 e. The first-order chi connectivity index (χ1) is 54.5. The summed E-state index contributed by atoms with van der Waals surface area (Å²) in [5.74, 6) is 0. The van der Waals surface area contributed by atoms with E-state index in [2.05, 4.69) is 395 Å². The van der Waals surface area contributed by atoms with E-state index in [0.29, 0.717) is 0 Å². The van der Waals surface area contributed by atoms with Gasteiger partial charge in [0, 0.05) is 88.6 Å². The maximum absolute atomic E-state index is 6.39. The van der Waals surface area contributed by atoms with Crippen LogP contribution >= 0.6 is 0 Å². The van der Waals surface area contributed by atoms with Crippen LogP contribution in [0.3, 0.4) is 0 Å². The molecule has 0 unspecified atom stereocenters. The molecular weight excluding hydrogens is 1340 g/mol. The van der Waals surface area contributed by atoms with Crippen LogP contribution in [0.15, 0.2) is 409 Å². The van der Waals surface area contributed by atoms with Crippen molar-refractivity contribution in [1.29, 1.82) is 0 Å². The zero-order valence-electron chi connectivity index (χ0n) is 59.7. The van der Waals surface area contributed by atoms with Crippen LogP contribution < -0.4 is 9.80 Å². The van der Waals surface area contributed by atoms with E-state index in [1.807, 2.05) is 24.3 Å². The van der Waals surface area contributed by atoms with Gasteiger partial charge in [-0.25, -0.2) is 0 Å². The number of aromatic nitrogens is 2. The number of anilines is 6. The fourth-order valence-corrected chi connectivity index (χ4v) is 17.4. The van der Waals surface area contributed by atoms with E-state index in [-0.39, 0.29) is 0 Å². The minimum Gasteiger partial charge on any atom is -0.456 e. The molecular formula is C104H66N4O2. The van der Waals surface area contributed by atoms with Crippen molar-refractivity contribution >= 4 is 143 Å². The first-order valence-electron chi connectivity index (χ1n) is 37.6. The molecule has 0 aliphatic carbocycles. The van der Waals surface area contributed by atoms with Gasteiger partial charge in [0.15, 0.2) is 0 Å². The van der Waals surface area contributed by atoms with Gasteiger partial charge in [0.1, 0.15) is 22.3 Å². The first kappa shape index (κ1) is 62.6. The van der Waals surface area contributed by atoms with Gasteiger partial charge >= 0.3 is 0 Å². The molecule has 514 valence electrons. The summed E-state index contributed by atoms with van der Waals surface area (Å²) < 4.78 is 17.6. The molecule has 0 saturated carbocycles. The van der Waals surface area contributed by atoms with Crippen LogP contribution in [0.4, 0.5) is 34.1 Å². The highest BCUT2D eigenvalue weighted by Gasteiger charge is 2.23. The van der Waals surface area contributed by atoms with E-state index in [1.165, 1.54) is 70.8 Å². The SMILES string of the molecule is c1cc(-c2ccc(-c3ccc4c(c3)c3ccccc3n4-c3cccc(N(c4ccc(-c5ccc6c(c5)oc5ccccc56)cc4)c4ccc(-c5cccc6ccccc56)cc4)c3)c3ccccc23)cc(N(c2ccc(-c3ccc4c(c3)oc3ccccc34)cc2)c2cccc(-n3c4ccccc4c4ccccc43)c2)c1. The van der Waals surface area contributed by atoms with Gasteiger partial charge in [-0.05, 0) is 229 Å². The fourth-order valence-electron chi connectivity index (χ4n) is 17.4. The summed E-state index contributed by atoms with van der Waals surface area (Å²) in [6.45, 7) is 0. The lowest BCUT2D eigenvalue weighted by Gasteiger charge is -2.27. The number of rotatable bonds is 13. The van der Waals surface area contributed by atoms with E-state index in [9.17, 15) is 0 Å². The standard InChI is InChI=1S/C104H66N4O2/c1-2-27-83-69(19-1)20-16-35-84(83)70-45-54-76(55-46-70)105(75-50-41-67(42-51-75)71-47-56-94-92-33-8-13-39-101(92)109-103(94)63-71)79-23-17-26-82(65-79)108-99-38-12-7-32-91(99)96-62-74(49-60-100(96)108)86-59-58-85(87-28-3-4-29-88(86)87)73-21-15-22-78(61-73)106(77-52-43-68(44-53-77)72-48-57-95-93-34-9-14-40-102(93)110-104(95)64-72)80-24-18-25-81(66-80)107-97-36-10-5-30-89(97)90-31-6-11-37-98(90)107/h1-66H. The first-order valence-corrected chi connectivity index (χ1v) is 37.6. The van der Waals surface area contributed by atoms with Crippen LogP contribution in [0.5, 0.6) is 0 Å². The molecule has 22 aromatic rings. The van der Waals surface area contributed by atoms with E-state index >= 15 is 0 Å². The topological polar surface area (TPSA) is 42.6 Å². The van der Waals surface area contributed by atoms with Crippen LogP contribution in [-0.2, 0) is 0 Å². The molecule has 6 nitrogen and oxygen atoms in total. The Hall–Kier alpha value is -14.7. The van der Waals surface area contributed by atoms with Crippen molar-refractivity contribution in [2.45, 2.75) is 0 Å². The predicted molar refractivity (Wildman–Crippen MR) is 461 cm³/mol. The van der Waals surface area contributed by atoms with Crippen molar-refractivity contribution in [2.75, 3.05) is 9.80 Å². The second kappa shape index (κ2) is 25.5. The summed E-state index contributed by atoms with van der Waals surface area (Å²) in [5, 5.41) is 14.1. The molecule has 110 heavy (non-hydrogen) atoms. The molecule has 18 aromatic carbocycles. The molecule has 4 aromatic heterocycles. The largest absolute Gasteiger partial charge is 0.456 e. The highest BCUT2D eigenvalue weighted by Crippen LogP contribution is 2.47. The third kappa shape index (κ3) is 10.4. The number of furan rings is 2. The fraction of sp³-hybridized carbons (Fsp3) is 0. The van der Waals surface area contributed by atoms with Crippen molar-refractivity contribution in [3.63, 3.8) is 0 Å². The minimum absolute atomic E-state index is 0.881. The predicted octanol–water partition coefficient (Wildman–Crippen LogP) is 29.3. The second-order valence-electron chi connectivity index (χ2n) is 28.7. The quantitative estimate of drug-likeness (QED) is 0.115. The highest BCUT2D eigenvalue weighted by molar-refractivity contribution is 6.14. The number of benzene rings is 18. The third-order valence-corrected chi connectivity index (χ3v) is 22.5. The molecule has 0 bridgehead atoms. The Morgan fingerprint density at radius 1 is 0.173 bits per heavy atom. The van der Waals surface area contributed by atoms with Gasteiger partial charge in [0.25, 0.3) is 0 Å². The van der Waals surface area contributed by atoms with Gasteiger partial charge in [0.2, 0.25) is 0 Å². The van der Waals surface area contributed by atoms with Crippen molar-refractivity contribution in [3.8, 4) is 67.0 Å². The Kier molecular flexibility index (Phi) is 14.5. The third-order valence-electron chi connectivity index (χ3n) is 22.5. The average molecular weight is 1400 g/mol. The molecule has 0 aliphatic rings. The van der Waals surface area contributed by atoms with Crippen LogP contribution in [0.1, 0.15) is 0 Å². The molecule has 0 aliphatic heterocycles. The van der Waals surface area contributed by atoms with Crippen LogP contribution in [0.2, 0.25) is 0 Å². The Morgan fingerprint density at radius 2 is 0.527 bits per heavy atom. The van der Waals surface area contributed by atoms with Crippen molar-refractivity contribution in [1.82, 2.24) is 9.13 Å². The van der Waals surface area contributed by atoms with Gasteiger partial charge < -0.3 is 27.8 Å². The monoisotopic (exact) mass is 1400 g/mol. The van der Waals surface area contributed by atoms with E-state index in [1.54, 1.807) is 0 Å². The van der Waals surface area contributed by atoms with E-state index in [4.69, 9.17) is 8.83 Å². The summed E-state index contributed by atoms with van der Waals surface area (Å²) in [7, 11) is 0. The van der Waals surface area contributed by atoms with Gasteiger partial charge in [-0.2, -0.15) is 0 Å². The van der Waals surface area contributed by atoms with Crippen molar-refractivity contribution in [2.24, 2.45) is 0 Å². The van der Waals surface area contributed by atoms with Gasteiger partial charge in [-0.1, -0.05) is 249 Å². The zero-order valence-corrected chi connectivity index (χ0v) is 59.7. The van der Waals surface area contributed by atoms with Crippen molar-refractivity contribution < 1.29 is 8.83 Å². The normalized spacial score (nSPS) is 11.8. The van der Waals surface area contributed by atoms with Gasteiger partial charge in [0.05, 0.1) is 22.1 Å². The lowest BCUT2D eigenvalue weighted by Crippen LogP contribution is -2.10. The Morgan fingerprint density at radius 3 is 1.05 bits per heavy atom. The minimum atomic E-state index is 0.881. The number of fused-ring (bicyclic) bond motifs is 14. The number of hydrogen-bond acceptors (Lipinski definition) is 4. The van der Waals surface area contributed by atoms with Gasteiger partial charge in [-0.3, -0.25) is 0 Å². The Labute approximate surface area is 634 Å². The van der Waals surface area contributed by atoms with E-state index < -0.39 is 0 Å². The smallest absolute Gasteiger partial charge is 0.136 e. The summed E-state index contributed by atoms with van der Waals surface area (Å²) >= 11 is 0. The van der Waals surface area contributed by atoms with Crippen LogP contribution in [0, 0.1) is 0 Å². The Bertz CT molecular complexity index is 7360. The molecule has 0 atom stereocenters. The van der Waals surface area contributed by atoms with Gasteiger partial charge in [-0.15, -0.1) is 0 Å². The molecule has 0 amide bonds. The average Bonchev–Trinajstić information content (AvgIpc) is 1.55. The molecule has 0 N–H and O–H groups in total. The molecule has 6 heteroatoms. The van der Waals surface area contributed by atoms with Crippen molar-refractivity contribution in [3.05, 3.63) is 400 Å². The number of nitrogens with zero attached hydrogens (tertiary/aromatic N) is 4. The number of para-hydroxylation sites is 5. The summed E-state index contributed by atoms with van der Waals surface area (Å²) in [5.41, 5.74) is 28.0. The lowest BCUT2D eigenvalue weighted by molar-refractivity contribution is 0.668. The van der Waals surface area contributed by atoms with Crippen LogP contribution in [0.25, 0.3) is 176 Å². The molecule has 0 radical (unpaired) electrons. The molecule has 4 heterocycles. The highest BCUT2D eigenvalue weighted by atomic mass is 16.3. The summed E-state index contributed by atoms with van der Waals surface area (Å²) in [4.78, 5) is 4.78. The van der Waals surface area contributed by atoms with E-state index in [0.717, 1.165) is 139 Å². The number of hydrogen-bond donors (Lipinski definition) is 0. The summed E-state index contributed by atoms with van der Waals surface area (Å²) in [6.07, 6.45) is 0. The second-order valence-corrected chi connectivity index (χ2v) is 28.7. The maximum atomic E-state index is 6.39. The lowest BCUT2D eigenvalue weighted by atomic mass is 9.91. The van der Waals surface area contributed by atoms with Crippen LogP contribution in [-0.4, -0.2) is 9.13 Å². The molecule has 0 fully saturated rings. The summed E-state index contributed by atoms with van der Waals surface area (Å²) in [6, 6.07) is 146.